The third kappa shape index (κ3) is 3.13. The van der Waals surface area contributed by atoms with Crippen LogP contribution in [0.1, 0.15) is 6.92 Å². The number of hydrogen-bond acceptors (Lipinski definition) is 4. The molecule has 0 aliphatic rings. The van der Waals surface area contributed by atoms with E-state index < -0.39 is 27.9 Å². The predicted molar refractivity (Wildman–Crippen MR) is 64.7 cm³/mol. The molecule has 1 N–H and O–H groups in total. The second kappa shape index (κ2) is 5.72. The monoisotopic (exact) mass is 259 g/mol. The van der Waals surface area contributed by atoms with Crippen LogP contribution in [0.25, 0.3) is 0 Å². The van der Waals surface area contributed by atoms with Crippen LogP contribution < -0.4 is 5.32 Å². The highest BCUT2D eigenvalue weighted by Gasteiger charge is 2.21. The Bertz CT molecular complexity index is 452. The number of halogens is 2. The zero-order valence-electron chi connectivity index (χ0n) is 10.4. The normalized spacial score (nSPS) is 12.6. The standard InChI is InChI=1S/C11H15F2N3O2/c1-7(15(2)3)6-14-11-9(16(17)18)5-4-8(12)10(11)13/h4-5,7,14H,6H2,1-3H3. The highest BCUT2D eigenvalue weighted by molar-refractivity contribution is 5.62. The van der Waals surface area contributed by atoms with Gasteiger partial charge < -0.3 is 10.2 Å². The molecule has 1 aromatic carbocycles. The first-order valence-corrected chi connectivity index (χ1v) is 5.37. The lowest BCUT2D eigenvalue weighted by Gasteiger charge is -2.20. The SMILES string of the molecule is CC(CNc1c([N+](=O)[O-])ccc(F)c1F)N(C)C. The molecule has 0 aromatic heterocycles. The predicted octanol–water partition coefficient (Wildman–Crippen LogP) is 2.24. The molecule has 1 unspecified atom stereocenters. The number of nitro benzene ring substituents is 1. The summed E-state index contributed by atoms with van der Waals surface area (Å²) in [5, 5.41) is 13.3. The molecule has 1 aromatic rings. The maximum absolute atomic E-state index is 13.5. The molecule has 0 aliphatic carbocycles. The maximum Gasteiger partial charge on any atom is 0.295 e. The van der Waals surface area contributed by atoms with Gasteiger partial charge in [0.05, 0.1) is 4.92 Å². The van der Waals surface area contributed by atoms with Crippen molar-refractivity contribution in [1.82, 2.24) is 4.90 Å². The number of nitro groups is 1. The van der Waals surface area contributed by atoms with Gasteiger partial charge in [-0.15, -0.1) is 0 Å². The molecule has 0 radical (unpaired) electrons. The highest BCUT2D eigenvalue weighted by atomic mass is 19.2. The minimum absolute atomic E-state index is 0.0206. The average molecular weight is 259 g/mol. The third-order valence-corrected chi connectivity index (χ3v) is 2.73. The fraction of sp³-hybridized carbons (Fsp3) is 0.455. The van der Waals surface area contributed by atoms with Gasteiger partial charge in [-0.25, -0.2) is 8.78 Å². The number of hydrogen-bond donors (Lipinski definition) is 1. The lowest BCUT2D eigenvalue weighted by molar-refractivity contribution is -0.384. The summed E-state index contributed by atoms with van der Waals surface area (Å²) in [6, 6.07) is 1.71. The molecule has 1 atom stereocenters. The van der Waals surface area contributed by atoms with Gasteiger partial charge in [-0.05, 0) is 27.1 Å². The number of nitrogens with one attached hydrogen (secondary N) is 1. The van der Waals surface area contributed by atoms with Gasteiger partial charge in [0.1, 0.15) is 0 Å². The van der Waals surface area contributed by atoms with E-state index in [-0.39, 0.29) is 12.6 Å². The average Bonchev–Trinajstić information content (AvgIpc) is 2.29. The molecule has 0 amide bonds. The van der Waals surface area contributed by atoms with Crippen molar-refractivity contribution >= 4 is 11.4 Å². The van der Waals surface area contributed by atoms with Crippen LogP contribution in [0.4, 0.5) is 20.2 Å². The number of anilines is 1. The van der Waals surface area contributed by atoms with E-state index in [1.165, 1.54) is 0 Å². The summed E-state index contributed by atoms with van der Waals surface area (Å²) in [5.41, 5.74) is -0.881. The molecular formula is C11H15F2N3O2. The second-order valence-electron chi connectivity index (χ2n) is 4.21. The van der Waals surface area contributed by atoms with Crippen molar-refractivity contribution in [3.05, 3.63) is 33.9 Å². The van der Waals surface area contributed by atoms with E-state index in [0.717, 1.165) is 12.1 Å². The van der Waals surface area contributed by atoms with Crippen LogP contribution >= 0.6 is 0 Å². The minimum atomic E-state index is -1.23. The maximum atomic E-state index is 13.5. The van der Waals surface area contributed by atoms with Gasteiger partial charge in [0, 0.05) is 18.7 Å². The molecular weight excluding hydrogens is 244 g/mol. The molecule has 0 aliphatic heterocycles. The topological polar surface area (TPSA) is 58.4 Å². The molecule has 5 nitrogen and oxygen atoms in total. The van der Waals surface area contributed by atoms with Crippen LogP contribution in [0.15, 0.2) is 12.1 Å². The summed E-state index contributed by atoms with van der Waals surface area (Å²) in [6.07, 6.45) is 0. The van der Waals surface area contributed by atoms with Gasteiger partial charge in [-0.3, -0.25) is 10.1 Å². The van der Waals surface area contributed by atoms with Crippen LogP contribution in [0, 0.1) is 21.7 Å². The van der Waals surface area contributed by atoms with Crippen molar-refractivity contribution in [2.45, 2.75) is 13.0 Å². The summed E-state index contributed by atoms with van der Waals surface area (Å²) in [5.74, 6) is -2.34. The molecule has 0 bridgehead atoms. The molecule has 100 valence electrons. The summed E-state index contributed by atoms with van der Waals surface area (Å²) >= 11 is 0. The van der Waals surface area contributed by atoms with E-state index in [0.29, 0.717) is 0 Å². The molecule has 0 saturated heterocycles. The van der Waals surface area contributed by atoms with Crippen LogP contribution in [0.2, 0.25) is 0 Å². The molecule has 0 fully saturated rings. The molecule has 0 saturated carbocycles. The van der Waals surface area contributed by atoms with Gasteiger partial charge in [0.15, 0.2) is 17.3 Å². The molecule has 0 heterocycles. The van der Waals surface area contributed by atoms with Crippen molar-refractivity contribution in [2.24, 2.45) is 0 Å². The van der Waals surface area contributed by atoms with Crippen LogP contribution in [0.3, 0.4) is 0 Å². The van der Waals surface area contributed by atoms with Crippen molar-refractivity contribution < 1.29 is 13.7 Å². The second-order valence-corrected chi connectivity index (χ2v) is 4.21. The Labute approximate surface area is 104 Å². The zero-order valence-corrected chi connectivity index (χ0v) is 10.4. The lowest BCUT2D eigenvalue weighted by Crippen LogP contribution is -2.31. The Kier molecular flexibility index (Phi) is 4.55. The zero-order chi connectivity index (χ0) is 13.9. The van der Waals surface area contributed by atoms with Crippen molar-refractivity contribution in [1.29, 1.82) is 0 Å². The third-order valence-electron chi connectivity index (χ3n) is 2.73. The summed E-state index contributed by atoms with van der Waals surface area (Å²) in [7, 11) is 3.64. The Morgan fingerprint density at radius 3 is 2.56 bits per heavy atom. The lowest BCUT2D eigenvalue weighted by atomic mass is 10.2. The van der Waals surface area contributed by atoms with Crippen molar-refractivity contribution in [3.8, 4) is 0 Å². The first-order valence-electron chi connectivity index (χ1n) is 5.37. The van der Waals surface area contributed by atoms with Gasteiger partial charge in [-0.1, -0.05) is 0 Å². The fourth-order valence-corrected chi connectivity index (χ4v) is 1.29. The summed E-state index contributed by atoms with van der Waals surface area (Å²) in [6.45, 7) is 2.13. The highest BCUT2D eigenvalue weighted by Crippen LogP contribution is 2.28. The Morgan fingerprint density at radius 2 is 2.06 bits per heavy atom. The molecule has 0 spiro atoms. The van der Waals surface area contributed by atoms with E-state index in [2.05, 4.69) is 5.32 Å². The summed E-state index contributed by atoms with van der Waals surface area (Å²) in [4.78, 5) is 11.8. The van der Waals surface area contributed by atoms with E-state index in [9.17, 15) is 18.9 Å². The Balaban J connectivity index is 2.99. The first kappa shape index (κ1) is 14.3. The summed E-state index contributed by atoms with van der Waals surface area (Å²) < 4.78 is 26.6. The van der Waals surface area contributed by atoms with Crippen LogP contribution in [0.5, 0.6) is 0 Å². The van der Waals surface area contributed by atoms with Gasteiger partial charge >= 0.3 is 0 Å². The fourth-order valence-electron chi connectivity index (χ4n) is 1.29. The number of rotatable bonds is 5. The van der Waals surface area contributed by atoms with Gasteiger partial charge in [0.25, 0.3) is 5.69 Å². The smallest absolute Gasteiger partial charge is 0.295 e. The van der Waals surface area contributed by atoms with Gasteiger partial charge in [-0.2, -0.15) is 0 Å². The van der Waals surface area contributed by atoms with Crippen molar-refractivity contribution in [2.75, 3.05) is 26.0 Å². The Hall–Kier alpha value is -1.76. The quantitative estimate of drug-likeness (QED) is 0.650. The number of likely N-dealkylation sites (N-methyl/N-ethyl adjacent to an activating group) is 1. The first-order chi connectivity index (χ1) is 8.34. The minimum Gasteiger partial charge on any atom is -0.375 e. The van der Waals surface area contributed by atoms with Crippen molar-refractivity contribution in [3.63, 3.8) is 0 Å². The van der Waals surface area contributed by atoms with E-state index in [4.69, 9.17) is 0 Å². The number of benzene rings is 1. The Morgan fingerprint density at radius 1 is 1.44 bits per heavy atom. The molecule has 18 heavy (non-hydrogen) atoms. The molecule has 1 rings (SSSR count). The molecule has 7 heteroatoms. The van der Waals surface area contributed by atoms with Gasteiger partial charge in [0.2, 0.25) is 0 Å². The van der Waals surface area contributed by atoms with Crippen LogP contribution in [-0.4, -0.2) is 36.5 Å². The largest absolute Gasteiger partial charge is 0.375 e. The van der Waals surface area contributed by atoms with E-state index >= 15 is 0 Å². The number of nitrogens with zero attached hydrogens (tertiary/aromatic N) is 2. The van der Waals surface area contributed by atoms with Crippen LogP contribution in [-0.2, 0) is 0 Å². The van der Waals surface area contributed by atoms with E-state index in [1.807, 2.05) is 25.9 Å². The van der Waals surface area contributed by atoms with E-state index in [1.54, 1.807) is 0 Å².